The van der Waals surface area contributed by atoms with Crippen LogP contribution in [0.1, 0.15) is 16.7 Å². The average Bonchev–Trinajstić information content (AvgIpc) is 2.50. The molecule has 0 fully saturated rings. The molecule has 0 saturated heterocycles. The molecule has 21 heavy (non-hydrogen) atoms. The van der Waals surface area contributed by atoms with E-state index in [1.54, 1.807) is 14.2 Å². The summed E-state index contributed by atoms with van der Waals surface area (Å²) in [4.78, 5) is 0. The Bertz CT molecular complexity index is 615. The van der Waals surface area contributed by atoms with Gasteiger partial charge >= 0.3 is 0 Å². The van der Waals surface area contributed by atoms with Gasteiger partial charge in [-0.2, -0.15) is 0 Å². The number of anilines is 1. The van der Waals surface area contributed by atoms with Gasteiger partial charge in [0.05, 0.1) is 19.9 Å². The number of aryl methyl sites for hydroxylation is 2. The summed E-state index contributed by atoms with van der Waals surface area (Å²) in [6.45, 7) is 4.46. The van der Waals surface area contributed by atoms with E-state index in [-0.39, 0.29) is 0 Å². The second-order valence-corrected chi connectivity index (χ2v) is 5.00. The molecule has 112 valence electrons. The summed E-state index contributed by atoms with van der Waals surface area (Å²) >= 11 is 0. The van der Waals surface area contributed by atoms with Gasteiger partial charge in [-0.15, -0.1) is 0 Å². The topological polar surface area (TPSA) is 50.7 Å². The van der Waals surface area contributed by atoms with Crippen LogP contribution >= 0.6 is 0 Å². The van der Waals surface area contributed by atoms with Gasteiger partial charge in [0.15, 0.2) is 0 Å². The lowest BCUT2D eigenvalue weighted by atomic mass is 10.1. The van der Waals surface area contributed by atoms with Crippen LogP contribution in [0.25, 0.3) is 0 Å². The van der Waals surface area contributed by atoms with Crippen molar-refractivity contribution in [3.8, 4) is 17.2 Å². The highest BCUT2D eigenvalue weighted by Crippen LogP contribution is 2.30. The molecule has 0 atom stereocenters. The summed E-state index contributed by atoms with van der Waals surface area (Å²) in [5, 5.41) is 13.1. The van der Waals surface area contributed by atoms with E-state index < -0.39 is 0 Å². The van der Waals surface area contributed by atoms with Crippen LogP contribution in [0.4, 0.5) is 5.69 Å². The molecule has 0 spiro atoms. The van der Waals surface area contributed by atoms with Crippen molar-refractivity contribution < 1.29 is 14.6 Å². The molecule has 0 radical (unpaired) electrons. The molecule has 4 nitrogen and oxygen atoms in total. The first-order chi connectivity index (χ1) is 10.0. The summed E-state index contributed by atoms with van der Waals surface area (Å²) < 4.78 is 10.5. The lowest BCUT2D eigenvalue weighted by molar-refractivity contribution is 0.395. The number of phenolic OH excluding ortho intramolecular Hbond substituents is 1. The number of methoxy groups -OCH3 is 2. The predicted octanol–water partition coefficient (Wildman–Crippen LogP) is 3.64. The molecular formula is C17H21NO3. The van der Waals surface area contributed by atoms with Crippen LogP contribution in [-0.4, -0.2) is 19.3 Å². The van der Waals surface area contributed by atoms with Crippen molar-refractivity contribution in [3.05, 3.63) is 47.0 Å². The molecule has 0 aliphatic heterocycles. The summed E-state index contributed by atoms with van der Waals surface area (Å²) in [7, 11) is 3.26. The zero-order valence-corrected chi connectivity index (χ0v) is 12.9. The first-order valence-electron chi connectivity index (χ1n) is 6.80. The van der Waals surface area contributed by atoms with E-state index in [0.29, 0.717) is 12.3 Å². The molecule has 2 aromatic rings. The Kier molecular flexibility index (Phi) is 4.58. The van der Waals surface area contributed by atoms with Gasteiger partial charge in [-0.25, -0.2) is 0 Å². The number of benzene rings is 2. The number of ether oxygens (including phenoxy) is 2. The van der Waals surface area contributed by atoms with Crippen LogP contribution in [0.5, 0.6) is 17.2 Å². The third-order valence-corrected chi connectivity index (χ3v) is 3.44. The van der Waals surface area contributed by atoms with Gasteiger partial charge in [0.25, 0.3) is 0 Å². The highest BCUT2D eigenvalue weighted by atomic mass is 16.5. The predicted molar refractivity (Wildman–Crippen MR) is 84.5 cm³/mol. The van der Waals surface area contributed by atoms with Crippen LogP contribution in [0.15, 0.2) is 30.3 Å². The number of hydrogen-bond acceptors (Lipinski definition) is 4. The van der Waals surface area contributed by atoms with E-state index in [0.717, 1.165) is 33.9 Å². The highest BCUT2D eigenvalue weighted by Gasteiger charge is 2.07. The van der Waals surface area contributed by atoms with Crippen molar-refractivity contribution in [1.29, 1.82) is 0 Å². The van der Waals surface area contributed by atoms with Crippen LogP contribution in [0.2, 0.25) is 0 Å². The van der Waals surface area contributed by atoms with E-state index >= 15 is 0 Å². The van der Waals surface area contributed by atoms with Crippen LogP contribution in [0, 0.1) is 13.8 Å². The maximum absolute atomic E-state index is 9.80. The molecule has 2 rings (SSSR count). The van der Waals surface area contributed by atoms with Gasteiger partial charge in [0.1, 0.15) is 17.2 Å². The molecule has 0 amide bonds. The minimum Gasteiger partial charge on any atom is -0.507 e. The van der Waals surface area contributed by atoms with Crippen molar-refractivity contribution in [2.45, 2.75) is 20.4 Å². The van der Waals surface area contributed by atoms with Crippen molar-refractivity contribution >= 4 is 5.69 Å². The molecule has 0 heterocycles. The second kappa shape index (κ2) is 6.39. The molecule has 0 aromatic heterocycles. The number of phenols is 1. The van der Waals surface area contributed by atoms with Gasteiger partial charge in [-0.05, 0) is 42.7 Å². The Labute approximate surface area is 125 Å². The van der Waals surface area contributed by atoms with Crippen LogP contribution < -0.4 is 14.8 Å². The second-order valence-electron chi connectivity index (χ2n) is 5.00. The first-order valence-corrected chi connectivity index (χ1v) is 6.80. The van der Waals surface area contributed by atoms with Crippen molar-refractivity contribution in [3.63, 3.8) is 0 Å². The fraction of sp³-hybridized carbons (Fsp3) is 0.294. The molecule has 2 aromatic carbocycles. The monoisotopic (exact) mass is 287 g/mol. The fourth-order valence-corrected chi connectivity index (χ4v) is 2.29. The van der Waals surface area contributed by atoms with E-state index in [1.165, 1.54) is 0 Å². The van der Waals surface area contributed by atoms with Gasteiger partial charge in [-0.1, -0.05) is 12.1 Å². The van der Waals surface area contributed by atoms with Gasteiger partial charge < -0.3 is 19.9 Å². The average molecular weight is 287 g/mol. The summed E-state index contributed by atoms with van der Waals surface area (Å²) in [6, 6.07) is 9.61. The first kappa shape index (κ1) is 15.0. The Morgan fingerprint density at radius 2 is 1.67 bits per heavy atom. The SMILES string of the molecule is COc1ccc(NCc2cc(C)c(O)c(C)c2)c(OC)c1. The van der Waals surface area contributed by atoms with Crippen LogP contribution in [-0.2, 0) is 6.54 Å². The van der Waals surface area contributed by atoms with Gasteiger partial charge in [-0.3, -0.25) is 0 Å². The Balaban J connectivity index is 2.16. The minimum atomic E-state index is 0.362. The number of nitrogens with one attached hydrogen (secondary N) is 1. The lowest BCUT2D eigenvalue weighted by Crippen LogP contribution is -2.02. The Hall–Kier alpha value is -2.36. The van der Waals surface area contributed by atoms with Gasteiger partial charge in [0.2, 0.25) is 0 Å². The largest absolute Gasteiger partial charge is 0.507 e. The summed E-state index contributed by atoms with van der Waals surface area (Å²) in [6.07, 6.45) is 0. The van der Waals surface area contributed by atoms with Crippen molar-refractivity contribution in [1.82, 2.24) is 0 Å². The number of rotatable bonds is 5. The zero-order valence-electron chi connectivity index (χ0n) is 12.9. The standard InChI is InChI=1S/C17H21NO3/c1-11-7-13(8-12(2)17(11)19)10-18-15-6-5-14(20-3)9-16(15)21-4/h5-9,18-19H,10H2,1-4H3. The third-order valence-electron chi connectivity index (χ3n) is 3.44. The molecule has 0 saturated carbocycles. The van der Waals surface area contributed by atoms with Crippen molar-refractivity contribution in [2.75, 3.05) is 19.5 Å². The smallest absolute Gasteiger partial charge is 0.145 e. The van der Waals surface area contributed by atoms with E-state index in [2.05, 4.69) is 5.32 Å². The molecule has 4 heteroatoms. The Morgan fingerprint density at radius 1 is 1.00 bits per heavy atom. The quantitative estimate of drug-likeness (QED) is 0.881. The van der Waals surface area contributed by atoms with Crippen molar-refractivity contribution in [2.24, 2.45) is 0 Å². The maximum atomic E-state index is 9.80. The highest BCUT2D eigenvalue weighted by molar-refractivity contribution is 5.59. The van der Waals surface area contributed by atoms with Crippen LogP contribution in [0.3, 0.4) is 0 Å². The molecular weight excluding hydrogens is 266 g/mol. The number of aromatic hydroxyl groups is 1. The van der Waals surface area contributed by atoms with E-state index in [9.17, 15) is 5.11 Å². The third kappa shape index (κ3) is 3.40. The van der Waals surface area contributed by atoms with E-state index in [4.69, 9.17) is 9.47 Å². The molecule has 0 unspecified atom stereocenters. The molecule has 0 aliphatic rings. The number of hydrogen-bond donors (Lipinski definition) is 2. The summed E-state index contributed by atoms with van der Waals surface area (Å²) in [5.41, 5.74) is 3.78. The fourth-order valence-electron chi connectivity index (χ4n) is 2.29. The molecule has 2 N–H and O–H groups in total. The molecule has 0 aliphatic carbocycles. The summed E-state index contributed by atoms with van der Waals surface area (Å²) in [5.74, 6) is 1.86. The molecule has 0 bridgehead atoms. The normalized spacial score (nSPS) is 10.3. The lowest BCUT2D eigenvalue weighted by Gasteiger charge is -2.13. The minimum absolute atomic E-state index is 0.362. The van der Waals surface area contributed by atoms with Gasteiger partial charge in [0, 0.05) is 12.6 Å². The zero-order chi connectivity index (χ0) is 15.4. The maximum Gasteiger partial charge on any atom is 0.145 e. The Morgan fingerprint density at radius 3 is 2.24 bits per heavy atom. The van der Waals surface area contributed by atoms with E-state index in [1.807, 2.05) is 44.2 Å².